The smallest absolute Gasteiger partial charge is 0.0843 e. The summed E-state index contributed by atoms with van der Waals surface area (Å²) in [5, 5.41) is 3.53. The average molecular weight is 385 g/mol. The van der Waals surface area contributed by atoms with Gasteiger partial charge in [0.15, 0.2) is 0 Å². The Kier molecular flexibility index (Phi) is 7.26. The topological polar surface area (TPSA) is 21.3 Å². The van der Waals surface area contributed by atoms with Gasteiger partial charge in [0, 0.05) is 9.35 Å². The maximum Gasteiger partial charge on any atom is 0.0843 e. The van der Waals surface area contributed by atoms with E-state index in [2.05, 4.69) is 64.0 Å². The second-order valence-corrected chi connectivity index (χ2v) is 7.42. The molecule has 1 rings (SSSR count). The zero-order valence-electron chi connectivity index (χ0n) is 10.4. The lowest BCUT2D eigenvalue weighted by Gasteiger charge is -2.18. The minimum absolute atomic E-state index is 0.271. The predicted molar refractivity (Wildman–Crippen MR) is 81.8 cm³/mol. The van der Waals surface area contributed by atoms with Crippen LogP contribution >= 0.6 is 43.2 Å². The van der Waals surface area contributed by atoms with Gasteiger partial charge in [0.25, 0.3) is 0 Å². The molecule has 5 heteroatoms. The second-order valence-electron chi connectivity index (χ2n) is 4.16. The van der Waals surface area contributed by atoms with Crippen molar-refractivity contribution in [3.63, 3.8) is 0 Å². The minimum atomic E-state index is 0.271. The Bertz CT molecular complexity index is 322. The zero-order valence-corrected chi connectivity index (χ0v) is 14.4. The van der Waals surface area contributed by atoms with Crippen LogP contribution < -0.4 is 5.32 Å². The average Bonchev–Trinajstić information content (AvgIpc) is 2.59. The fourth-order valence-corrected chi connectivity index (χ4v) is 3.53. The summed E-state index contributed by atoms with van der Waals surface area (Å²) in [6.45, 7) is 8.04. The third kappa shape index (κ3) is 5.39. The maximum atomic E-state index is 5.72. The number of rotatable bonds is 7. The van der Waals surface area contributed by atoms with Crippen LogP contribution in [0.1, 0.15) is 38.1 Å². The first kappa shape index (κ1) is 15.6. The van der Waals surface area contributed by atoms with Crippen LogP contribution in [0.2, 0.25) is 0 Å². The van der Waals surface area contributed by atoms with E-state index in [1.807, 2.05) is 0 Å². The molecule has 0 saturated carbocycles. The highest BCUT2D eigenvalue weighted by atomic mass is 79.9. The Morgan fingerprint density at radius 2 is 2.12 bits per heavy atom. The minimum Gasteiger partial charge on any atom is -0.377 e. The molecule has 0 aliphatic carbocycles. The lowest BCUT2D eigenvalue weighted by atomic mass is 10.2. The fraction of sp³-hybridized carbons (Fsp3) is 0.667. The molecule has 0 aliphatic rings. The molecule has 0 amide bonds. The number of ether oxygens (including phenoxy) is 1. The molecule has 2 nitrogen and oxygen atoms in total. The van der Waals surface area contributed by atoms with Crippen molar-refractivity contribution in [2.45, 2.75) is 39.3 Å². The highest BCUT2D eigenvalue weighted by molar-refractivity contribution is 9.13. The predicted octanol–water partition coefficient (Wildman–Crippen LogP) is 4.74. The molecule has 17 heavy (non-hydrogen) atoms. The van der Waals surface area contributed by atoms with Gasteiger partial charge in [0.05, 0.1) is 22.5 Å². The van der Waals surface area contributed by atoms with Gasteiger partial charge in [-0.2, -0.15) is 0 Å². The Balaban J connectivity index is 2.67. The van der Waals surface area contributed by atoms with Gasteiger partial charge in [-0.1, -0.05) is 6.92 Å². The molecule has 1 atom stereocenters. The van der Waals surface area contributed by atoms with Crippen molar-refractivity contribution in [1.29, 1.82) is 0 Å². The van der Waals surface area contributed by atoms with Crippen LogP contribution in [0.5, 0.6) is 0 Å². The van der Waals surface area contributed by atoms with Crippen LogP contribution in [0, 0.1) is 0 Å². The lowest BCUT2D eigenvalue weighted by Crippen LogP contribution is -2.26. The lowest BCUT2D eigenvalue weighted by molar-refractivity contribution is 0.0618. The Labute approximate surface area is 124 Å². The van der Waals surface area contributed by atoms with E-state index in [1.165, 1.54) is 4.88 Å². The van der Waals surface area contributed by atoms with Crippen molar-refractivity contribution in [3.05, 3.63) is 19.2 Å². The van der Waals surface area contributed by atoms with Crippen LogP contribution in [0.3, 0.4) is 0 Å². The third-order valence-electron chi connectivity index (χ3n) is 2.24. The molecule has 0 fully saturated rings. The van der Waals surface area contributed by atoms with Gasteiger partial charge in [-0.25, -0.2) is 0 Å². The van der Waals surface area contributed by atoms with Gasteiger partial charge >= 0.3 is 0 Å². The normalized spacial score (nSPS) is 13.3. The molecule has 1 unspecified atom stereocenters. The van der Waals surface area contributed by atoms with Crippen molar-refractivity contribution >= 4 is 43.2 Å². The number of nitrogens with one attached hydrogen (secondary N) is 1. The molecule has 0 bridgehead atoms. The van der Waals surface area contributed by atoms with Crippen LogP contribution in [0.4, 0.5) is 0 Å². The number of halogens is 2. The Hall–Kier alpha value is 0.580. The molecular formula is C12H19Br2NOS. The van der Waals surface area contributed by atoms with E-state index in [0.717, 1.165) is 27.8 Å². The summed E-state index contributed by atoms with van der Waals surface area (Å²) in [5.41, 5.74) is 0. The number of hydrogen-bond acceptors (Lipinski definition) is 3. The molecule has 1 heterocycles. The summed E-state index contributed by atoms with van der Waals surface area (Å²) in [7, 11) is 0. The van der Waals surface area contributed by atoms with Gasteiger partial charge in [0.2, 0.25) is 0 Å². The van der Waals surface area contributed by atoms with Crippen molar-refractivity contribution in [2.75, 3.05) is 13.2 Å². The van der Waals surface area contributed by atoms with Crippen molar-refractivity contribution in [1.82, 2.24) is 5.32 Å². The first-order valence-electron chi connectivity index (χ1n) is 5.84. The summed E-state index contributed by atoms with van der Waals surface area (Å²) in [6, 6.07) is 2.44. The Morgan fingerprint density at radius 3 is 2.59 bits per heavy atom. The molecule has 1 aromatic rings. The van der Waals surface area contributed by atoms with Crippen molar-refractivity contribution < 1.29 is 4.74 Å². The van der Waals surface area contributed by atoms with Crippen molar-refractivity contribution in [3.8, 4) is 0 Å². The molecule has 0 radical (unpaired) electrons. The molecule has 0 saturated heterocycles. The van der Waals surface area contributed by atoms with E-state index in [9.17, 15) is 0 Å². The number of hydrogen-bond donors (Lipinski definition) is 1. The molecule has 0 aromatic carbocycles. The number of thiophene rings is 1. The summed E-state index contributed by atoms with van der Waals surface area (Å²) in [6.07, 6.45) is 1.40. The first-order valence-corrected chi connectivity index (χ1v) is 8.24. The summed E-state index contributed by atoms with van der Waals surface area (Å²) in [5.74, 6) is 0. The molecule has 1 N–H and O–H groups in total. The highest BCUT2D eigenvalue weighted by Crippen LogP contribution is 2.35. The summed E-state index contributed by atoms with van der Waals surface area (Å²) in [4.78, 5) is 1.30. The Morgan fingerprint density at radius 1 is 1.41 bits per heavy atom. The SMILES string of the molecule is CCCNC(COC(C)C)c1cc(Br)c(Br)s1. The van der Waals surface area contributed by atoms with E-state index in [4.69, 9.17) is 4.74 Å². The van der Waals surface area contributed by atoms with Gasteiger partial charge in [-0.15, -0.1) is 11.3 Å². The molecular weight excluding hydrogens is 366 g/mol. The van der Waals surface area contributed by atoms with E-state index >= 15 is 0 Å². The van der Waals surface area contributed by atoms with Gasteiger partial charge in [-0.3, -0.25) is 0 Å². The first-order chi connectivity index (χ1) is 8.04. The molecule has 98 valence electrons. The second kappa shape index (κ2) is 7.89. The van der Waals surface area contributed by atoms with Crippen LogP contribution in [0.15, 0.2) is 14.3 Å². The van der Waals surface area contributed by atoms with Gasteiger partial charge < -0.3 is 10.1 Å². The fourth-order valence-electron chi connectivity index (χ4n) is 1.38. The van der Waals surface area contributed by atoms with E-state index in [1.54, 1.807) is 11.3 Å². The van der Waals surface area contributed by atoms with Crippen LogP contribution in [0.25, 0.3) is 0 Å². The monoisotopic (exact) mass is 383 g/mol. The maximum absolute atomic E-state index is 5.72. The largest absolute Gasteiger partial charge is 0.377 e. The molecule has 0 aliphatic heterocycles. The standard InChI is InChI=1S/C12H19Br2NOS/c1-4-5-15-10(7-16-8(2)3)11-6-9(13)12(14)17-11/h6,8,10,15H,4-5,7H2,1-3H3. The summed E-state index contributed by atoms with van der Waals surface area (Å²) >= 11 is 8.81. The van der Waals surface area contributed by atoms with E-state index in [0.29, 0.717) is 0 Å². The molecule has 1 aromatic heterocycles. The highest BCUT2D eigenvalue weighted by Gasteiger charge is 2.16. The van der Waals surface area contributed by atoms with Gasteiger partial charge in [0.1, 0.15) is 0 Å². The molecule has 0 spiro atoms. The van der Waals surface area contributed by atoms with Gasteiger partial charge in [-0.05, 0) is 64.7 Å². The van der Waals surface area contributed by atoms with E-state index in [-0.39, 0.29) is 12.1 Å². The third-order valence-corrected chi connectivity index (χ3v) is 5.61. The van der Waals surface area contributed by atoms with Crippen LogP contribution in [-0.2, 0) is 4.74 Å². The quantitative estimate of drug-likeness (QED) is 0.732. The van der Waals surface area contributed by atoms with Crippen molar-refractivity contribution in [2.24, 2.45) is 0 Å². The summed E-state index contributed by atoms with van der Waals surface area (Å²) < 4.78 is 7.97. The van der Waals surface area contributed by atoms with E-state index < -0.39 is 0 Å². The van der Waals surface area contributed by atoms with Crippen LogP contribution in [-0.4, -0.2) is 19.3 Å². The zero-order chi connectivity index (χ0) is 12.8.